The van der Waals surface area contributed by atoms with E-state index in [4.69, 9.17) is 4.74 Å². The van der Waals surface area contributed by atoms with Crippen molar-refractivity contribution in [1.29, 1.82) is 0 Å². The number of hydrogen-bond donors (Lipinski definition) is 2. The van der Waals surface area contributed by atoms with Gasteiger partial charge in [0, 0.05) is 22.6 Å². The molecule has 1 fully saturated rings. The zero-order valence-electron chi connectivity index (χ0n) is 11.7. The van der Waals surface area contributed by atoms with E-state index in [1.54, 1.807) is 0 Å². The van der Waals surface area contributed by atoms with Crippen LogP contribution in [0.15, 0.2) is 22.7 Å². The van der Waals surface area contributed by atoms with Gasteiger partial charge >= 0.3 is 0 Å². The van der Waals surface area contributed by atoms with E-state index in [0.717, 1.165) is 55.4 Å². The number of rotatable bonds is 3. The van der Waals surface area contributed by atoms with Crippen molar-refractivity contribution in [3.63, 3.8) is 0 Å². The van der Waals surface area contributed by atoms with Crippen molar-refractivity contribution in [3.05, 3.63) is 28.2 Å². The lowest BCUT2D eigenvalue weighted by Crippen LogP contribution is -2.39. The summed E-state index contributed by atoms with van der Waals surface area (Å²) in [4.78, 5) is 0. The largest absolute Gasteiger partial charge is 0.493 e. The van der Waals surface area contributed by atoms with Crippen LogP contribution in [0.5, 0.6) is 5.75 Å². The van der Waals surface area contributed by atoms with Crippen LogP contribution in [0.4, 0.5) is 0 Å². The third-order valence-electron chi connectivity index (χ3n) is 4.46. The van der Waals surface area contributed by atoms with E-state index >= 15 is 0 Å². The van der Waals surface area contributed by atoms with E-state index < -0.39 is 5.60 Å². The smallest absolute Gasteiger partial charge is 0.125 e. The monoisotopic (exact) mass is 339 g/mol. The molecule has 3 nitrogen and oxygen atoms in total. The predicted octanol–water partition coefficient (Wildman–Crippen LogP) is 3.56. The first-order chi connectivity index (χ1) is 9.66. The van der Waals surface area contributed by atoms with Crippen LogP contribution < -0.4 is 10.1 Å². The molecule has 1 unspecified atom stereocenters. The predicted molar refractivity (Wildman–Crippen MR) is 83.0 cm³/mol. The number of halogens is 1. The lowest BCUT2D eigenvalue weighted by atomic mass is 9.98. The summed E-state index contributed by atoms with van der Waals surface area (Å²) in [6.07, 6.45) is 6.25. The molecule has 0 amide bonds. The van der Waals surface area contributed by atoms with Gasteiger partial charge in [0.2, 0.25) is 0 Å². The van der Waals surface area contributed by atoms with Crippen LogP contribution in [-0.4, -0.2) is 23.9 Å². The van der Waals surface area contributed by atoms with Crippen LogP contribution in [0.25, 0.3) is 0 Å². The summed E-state index contributed by atoms with van der Waals surface area (Å²) in [6.45, 7) is 1.46. The SMILES string of the molecule is OC1(CNC2CCCOc3cc(Br)ccc32)CCCC1. The first kappa shape index (κ1) is 14.4. The minimum absolute atomic E-state index is 0.283. The van der Waals surface area contributed by atoms with Crippen molar-refractivity contribution in [2.24, 2.45) is 0 Å². The summed E-state index contributed by atoms with van der Waals surface area (Å²) in [5.74, 6) is 0.966. The second-order valence-corrected chi connectivity index (χ2v) is 6.95. The van der Waals surface area contributed by atoms with Gasteiger partial charge in [0.1, 0.15) is 5.75 Å². The van der Waals surface area contributed by atoms with Crippen molar-refractivity contribution in [1.82, 2.24) is 5.32 Å². The highest BCUT2D eigenvalue weighted by Gasteiger charge is 2.32. The Morgan fingerprint density at radius 3 is 2.90 bits per heavy atom. The molecule has 1 heterocycles. The van der Waals surface area contributed by atoms with E-state index in [9.17, 15) is 5.11 Å². The Labute approximate surface area is 128 Å². The highest BCUT2D eigenvalue weighted by atomic mass is 79.9. The Bertz CT molecular complexity index is 472. The summed E-state index contributed by atoms with van der Waals surface area (Å²) in [7, 11) is 0. The second-order valence-electron chi connectivity index (χ2n) is 6.04. The maximum absolute atomic E-state index is 10.5. The van der Waals surface area contributed by atoms with Crippen LogP contribution in [0.1, 0.15) is 50.1 Å². The molecular weight excluding hydrogens is 318 g/mol. The fraction of sp³-hybridized carbons (Fsp3) is 0.625. The van der Waals surface area contributed by atoms with Gasteiger partial charge in [0.05, 0.1) is 12.2 Å². The molecular formula is C16H22BrNO2. The van der Waals surface area contributed by atoms with Crippen molar-refractivity contribution in [2.75, 3.05) is 13.2 Å². The van der Waals surface area contributed by atoms with Crippen molar-refractivity contribution < 1.29 is 9.84 Å². The van der Waals surface area contributed by atoms with E-state index in [1.807, 2.05) is 6.07 Å². The molecule has 20 heavy (non-hydrogen) atoms. The molecule has 4 heteroatoms. The van der Waals surface area contributed by atoms with Gasteiger partial charge < -0.3 is 15.2 Å². The molecule has 0 spiro atoms. The molecule has 1 aromatic rings. The van der Waals surface area contributed by atoms with Gasteiger partial charge in [-0.1, -0.05) is 34.8 Å². The summed E-state index contributed by atoms with van der Waals surface area (Å²) in [5, 5.41) is 14.1. The summed E-state index contributed by atoms with van der Waals surface area (Å²) in [6, 6.07) is 6.51. The van der Waals surface area contributed by atoms with Crippen LogP contribution in [0.3, 0.4) is 0 Å². The van der Waals surface area contributed by atoms with Gasteiger partial charge in [0.25, 0.3) is 0 Å². The zero-order valence-corrected chi connectivity index (χ0v) is 13.3. The number of nitrogens with one attached hydrogen (secondary N) is 1. The molecule has 2 aliphatic rings. The normalized spacial score (nSPS) is 24.8. The van der Waals surface area contributed by atoms with Crippen LogP contribution in [0.2, 0.25) is 0 Å². The lowest BCUT2D eigenvalue weighted by molar-refractivity contribution is 0.0445. The molecule has 2 N–H and O–H groups in total. The Morgan fingerprint density at radius 2 is 2.10 bits per heavy atom. The minimum Gasteiger partial charge on any atom is -0.493 e. The molecule has 0 saturated heterocycles. The summed E-state index contributed by atoms with van der Waals surface area (Å²) < 4.78 is 6.87. The Balaban J connectivity index is 1.73. The first-order valence-electron chi connectivity index (χ1n) is 7.54. The van der Waals surface area contributed by atoms with Gasteiger partial charge in [-0.15, -0.1) is 0 Å². The van der Waals surface area contributed by atoms with Gasteiger partial charge in [-0.3, -0.25) is 0 Å². The first-order valence-corrected chi connectivity index (χ1v) is 8.34. The molecule has 1 atom stereocenters. The van der Waals surface area contributed by atoms with Gasteiger partial charge in [-0.05, 0) is 37.8 Å². The highest BCUT2D eigenvalue weighted by Crippen LogP contribution is 2.35. The van der Waals surface area contributed by atoms with Crippen LogP contribution in [0, 0.1) is 0 Å². The number of hydrogen-bond acceptors (Lipinski definition) is 3. The number of benzene rings is 1. The molecule has 0 aromatic heterocycles. The number of fused-ring (bicyclic) bond motifs is 1. The number of ether oxygens (including phenoxy) is 1. The van der Waals surface area contributed by atoms with E-state index in [0.29, 0.717) is 6.54 Å². The molecule has 3 rings (SSSR count). The summed E-state index contributed by atoms with van der Waals surface area (Å²) in [5.41, 5.74) is 0.718. The van der Waals surface area contributed by atoms with Crippen molar-refractivity contribution >= 4 is 15.9 Å². The van der Waals surface area contributed by atoms with E-state index in [1.165, 1.54) is 5.56 Å². The molecule has 110 valence electrons. The Kier molecular flexibility index (Phi) is 4.34. The maximum Gasteiger partial charge on any atom is 0.125 e. The quantitative estimate of drug-likeness (QED) is 0.884. The maximum atomic E-state index is 10.5. The topological polar surface area (TPSA) is 41.5 Å². The van der Waals surface area contributed by atoms with Crippen molar-refractivity contribution in [3.8, 4) is 5.75 Å². The average molecular weight is 340 g/mol. The lowest BCUT2D eigenvalue weighted by Gasteiger charge is -2.26. The van der Waals surface area contributed by atoms with Crippen molar-refractivity contribution in [2.45, 2.75) is 50.2 Å². The minimum atomic E-state index is -0.497. The summed E-state index contributed by atoms with van der Waals surface area (Å²) >= 11 is 3.50. The Morgan fingerprint density at radius 1 is 1.30 bits per heavy atom. The van der Waals surface area contributed by atoms with Crippen LogP contribution in [-0.2, 0) is 0 Å². The molecule has 1 aliphatic carbocycles. The Hall–Kier alpha value is -0.580. The zero-order chi connectivity index (χ0) is 14.0. The van der Waals surface area contributed by atoms with Gasteiger partial charge in [-0.2, -0.15) is 0 Å². The van der Waals surface area contributed by atoms with Gasteiger partial charge in [0.15, 0.2) is 0 Å². The molecule has 1 aliphatic heterocycles. The number of aliphatic hydroxyl groups is 1. The molecule has 1 saturated carbocycles. The standard InChI is InChI=1S/C16H22BrNO2/c17-12-5-6-13-14(4-3-9-20-15(13)10-12)18-11-16(19)7-1-2-8-16/h5-6,10,14,18-19H,1-4,7-9,11H2. The molecule has 0 bridgehead atoms. The van der Waals surface area contributed by atoms with Crippen LogP contribution >= 0.6 is 15.9 Å². The van der Waals surface area contributed by atoms with Gasteiger partial charge in [-0.25, -0.2) is 0 Å². The van der Waals surface area contributed by atoms with E-state index in [2.05, 4.69) is 33.4 Å². The molecule has 1 aromatic carbocycles. The molecule has 0 radical (unpaired) electrons. The highest BCUT2D eigenvalue weighted by molar-refractivity contribution is 9.10. The fourth-order valence-corrected chi connectivity index (χ4v) is 3.62. The average Bonchev–Trinajstić information content (AvgIpc) is 2.76. The van der Waals surface area contributed by atoms with E-state index in [-0.39, 0.29) is 6.04 Å². The fourth-order valence-electron chi connectivity index (χ4n) is 3.28. The second kappa shape index (κ2) is 6.04. The third-order valence-corrected chi connectivity index (χ3v) is 4.95. The third kappa shape index (κ3) is 3.18.